The number of carbonyl (C=O) groups is 1. The molecule has 0 aliphatic carbocycles. The van der Waals surface area contributed by atoms with E-state index >= 15 is 0 Å². The molecule has 3 aromatic rings. The van der Waals surface area contributed by atoms with Gasteiger partial charge >= 0.3 is 0 Å². The summed E-state index contributed by atoms with van der Waals surface area (Å²) < 4.78 is 5.71. The number of anilines is 1. The second-order valence-electron chi connectivity index (χ2n) is 6.26. The number of nitrogens with one attached hydrogen (secondary N) is 1. The topological polar surface area (TPSA) is 64.1 Å². The number of ether oxygens (including phenoxy) is 1. The van der Waals surface area contributed by atoms with Crippen molar-refractivity contribution >= 4 is 34.5 Å². The number of halogens is 1. The highest BCUT2D eigenvalue weighted by Crippen LogP contribution is 2.24. The lowest BCUT2D eigenvalue weighted by molar-refractivity contribution is 0.102. The predicted octanol–water partition coefficient (Wildman–Crippen LogP) is 5.26. The van der Waals surface area contributed by atoms with Crippen molar-refractivity contribution in [3.8, 4) is 5.75 Å². The van der Waals surface area contributed by atoms with Crippen LogP contribution in [0.5, 0.6) is 5.75 Å². The van der Waals surface area contributed by atoms with E-state index < -0.39 is 0 Å². The first kappa shape index (κ1) is 19.3. The molecule has 2 aromatic heterocycles. The van der Waals surface area contributed by atoms with Crippen molar-refractivity contribution in [2.45, 2.75) is 34.3 Å². The third kappa shape index (κ3) is 4.64. The zero-order valence-electron chi connectivity index (χ0n) is 15.6. The number of aromatic nitrogens is 2. The summed E-state index contributed by atoms with van der Waals surface area (Å²) in [6.45, 7) is 7.91. The Kier molecular flexibility index (Phi) is 5.77. The third-order valence-corrected chi connectivity index (χ3v) is 5.37. The Morgan fingerprint density at radius 3 is 2.48 bits per heavy atom. The minimum Gasteiger partial charge on any atom is -0.486 e. The summed E-state index contributed by atoms with van der Waals surface area (Å²) in [5.74, 6) is 0.523. The average molecular weight is 402 g/mol. The van der Waals surface area contributed by atoms with Gasteiger partial charge in [-0.05, 0) is 63.6 Å². The Bertz CT molecular complexity index is 960. The molecule has 2 heterocycles. The van der Waals surface area contributed by atoms with Gasteiger partial charge in [0.05, 0.1) is 17.1 Å². The molecule has 0 saturated heterocycles. The van der Waals surface area contributed by atoms with Crippen LogP contribution in [0.3, 0.4) is 0 Å². The highest BCUT2D eigenvalue weighted by molar-refractivity contribution is 7.13. The van der Waals surface area contributed by atoms with Crippen molar-refractivity contribution < 1.29 is 9.53 Å². The molecule has 140 valence electrons. The third-order valence-electron chi connectivity index (χ3n) is 3.99. The smallest absolute Gasteiger partial charge is 0.267 e. The summed E-state index contributed by atoms with van der Waals surface area (Å²) >= 11 is 7.20. The van der Waals surface area contributed by atoms with Crippen LogP contribution in [-0.2, 0) is 6.61 Å². The molecule has 0 spiro atoms. The van der Waals surface area contributed by atoms with Crippen LogP contribution in [0.1, 0.15) is 37.3 Å². The minimum absolute atomic E-state index is 0.181. The molecule has 1 amide bonds. The summed E-state index contributed by atoms with van der Waals surface area (Å²) in [5, 5.41) is 4.36. The lowest BCUT2D eigenvalue weighted by Crippen LogP contribution is -2.14. The number of hydrogen-bond acceptors (Lipinski definition) is 5. The number of thiazole rings is 1. The second kappa shape index (κ2) is 8.06. The van der Waals surface area contributed by atoms with Gasteiger partial charge in [-0.3, -0.25) is 9.78 Å². The normalized spacial score (nSPS) is 10.7. The van der Waals surface area contributed by atoms with E-state index in [-0.39, 0.29) is 5.91 Å². The van der Waals surface area contributed by atoms with Gasteiger partial charge < -0.3 is 10.1 Å². The van der Waals surface area contributed by atoms with Crippen molar-refractivity contribution in [2.24, 2.45) is 0 Å². The fourth-order valence-electron chi connectivity index (χ4n) is 2.78. The van der Waals surface area contributed by atoms with Crippen molar-refractivity contribution in [3.05, 3.63) is 67.9 Å². The second-order valence-corrected chi connectivity index (χ2v) is 7.78. The van der Waals surface area contributed by atoms with Gasteiger partial charge in [-0.15, -0.1) is 11.3 Å². The zero-order chi connectivity index (χ0) is 19.6. The van der Waals surface area contributed by atoms with Gasteiger partial charge in [-0.1, -0.05) is 11.6 Å². The average Bonchev–Trinajstić information content (AvgIpc) is 2.98. The van der Waals surface area contributed by atoms with Crippen LogP contribution in [-0.4, -0.2) is 15.9 Å². The Morgan fingerprint density at radius 1 is 1.11 bits per heavy atom. The molecule has 0 aliphatic rings. The van der Waals surface area contributed by atoms with E-state index in [1.165, 1.54) is 11.3 Å². The quantitative estimate of drug-likeness (QED) is 0.633. The lowest BCUT2D eigenvalue weighted by atomic mass is 10.1. The molecular weight excluding hydrogens is 382 g/mol. The monoisotopic (exact) mass is 401 g/mol. The van der Waals surface area contributed by atoms with Crippen LogP contribution >= 0.6 is 22.9 Å². The molecule has 0 bridgehead atoms. The molecule has 1 aromatic carbocycles. The van der Waals surface area contributed by atoms with Crippen molar-refractivity contribution in [1.82, 2.24) is 9.97 Å². The van der Waals surface area contributed by atoms with Gasteiger partial charge in [0.25, 0.3) is 5.91 Å². The maximum Gasteiger partial charge on any atom is 0.267 e. The number of hydrogen-bond donors (Lipinski definition) is 1. The number of carbonyl (C=O) groups excluding carboxylic acids is 1. The molecule has 7 heteroatoms. The fourth-order valence-corrected chi connectivity index (χ4v) is 3.78. The van der Waals surface area contributed by atoms with Crippen LogP contribution in [0, 0.1) is 27.7 Å². The van der Waals surface area contributed by atoms with Crippen molar-refractivity contribution in [3.63, 3.8) is 0 Å². The van der Waals surface area contributed by atoms with E-state index in [1.54, 1.807) is 24.3 Å². The molecule has 3 rings (SSSR count). The van der Waals surface area contributed by atoms with E-state index in [0.29, 0.717) is 28.0 Å². The molecule has 0 atom stereocenters. The highest BCUT2D eigenvalue weighted by atomic mass is 35.5. The van der Waals surface area contributed by atoms with Gasteiger partial charge in [0, 0.05) is 10.7 Å². The maximum absolute atomic E-state index is 12.7. The van der Waals surface area contributed by atoms with Gasteiger partial charge in [0.2, 0.25) is 0 Å². The standard InChI is InChI=1S/C20H20ClN3O2S/c1-11-9-12(2)22-13(3)18(11)24-20(25)19-14(4)23-17(27-19)10-26-16-7-5-15(21)6-8-16/h5-9H,10H2,1-4H3,(H,24,25). The first-order valence-electron chi connectivity index (χ1n) is 8.44. The van der Waals surface area contributed by atoms with Crippen LogP contribution in [0.25, 0.3) is 0 Å². The molecular formula is C20H20ClN3O2S. The molecule has 0 saturated carbocycles. The Morgan fingerprint density at radius 2 is 1.81 bits per heavy atom. The van der Waals surface area contributed by atoms with E-state index in [1.807, 2.05) is 33.8 Å². The Labute approximate surface area is 167 Å². The van der Waals surface area contributed by atoms with Crippen molar-refractivity contribution in [2.75, 3.05) is 5.32 Å². The van der Waals surface area contributed by atoms with E-state index in [0.717, 1.165) is 27.6 Å². The molecule has 0 unspecified atom stereocenters. The van der Waals surface area contributed by atoms with Crippen LogP contribution in [0.2, 0.25) is 5.02 Å². The Hall–Kier alpha value is -2.44. The molecule has 27 heavy (non-hydrogen) atoms. The molecule has 1 N–H and O–H groups in total. The van der Waals surface area contributed by atoms with Crippen LogP contribution < -0.4 is 10.1 Å². The summed E-state index contributed by atoms with van der Waals surface area (Å²) in [7, 11) is 0. The van der Waals surface area contributed by atoms with Crippen LogP contribution in [0.15, 0.2) is 30.3 Å². The summed E-state index contributed by atoms with van der Waals surface area (Å²) in [5.41, 5.74) is 4.15. The van der Waals surface area contributed by atoms with E-state index in [9.17, 15) is 4.79 Å². The minimum atomic E-state index is -0.181. The van der Waals surface area contributed by atoms with Gasteiger partial charge in [0.15, 0.2) is 0 Å². The first-order valence-corrected chi connectivity index (χ1v) is 9.64. The van der Waals surface area contributed by atoms with Crippen LogP contribution in [0.4, 0.5) is 5.69 Å². The van der Waals surface area contributed by atoms with E-state index in [4.69, 9.17) is 16.3 Å². The number of aryl methyl sites for hydroxylation is 4. The maximum atomic E-state index is 12.7. The molecule has 0 aliphatic heterocycles. The number of rotatable bonds is 5. The lowest BCUT2D eigenvalue weighted by Gasteiger charge is -2.11. The summed E-state index contributed by atoms with van der Waals surface area (Å²) in [6.07, 6.45) is 0. The molecule has 5 nitrogen and oxygen atoms in total. The predicted molar refractivity (Wildman–Crippen MR) is 109 cm³/mol. The molecule has 0 fully saturated rings. The number of benzene rings is 1. The van der Waals surface area contributed by atoms with Gasteiger partial charge in [-0.2, -0.15) is 0 Å². The fraction of sp³-hybridized carbons (Fsp3) is 0.250. The highest BCUT2D eigenvalue weighted by Gasteiger charge is 2.18. The first-order chi connectivity index (χ1) is 12.8. The summed E-state index contributed by atoms with van der Waals surface area (Å²) in [6, 6.07) is 9.08. The number of pyridine rings is 1. The summed E-state index contributed by atoms with van der Waals surface area (Å²) in [4.78, 5) is 22.2. The Balaban J connectivity index is 1.72. The van der Waals surface area contributed by atoms with E-state index in [2.05, 4.69) is 15.3 Å². The SMILES string of the molecule is Cc1cc(C)c(NC(=O)c2sc(COc3ccc(Cl)cc3)nc2C)c(C)n1. The van der Waals surface area contributed by atoms with Gasteiger partial charge in [0.1, 0.15) is 22.2 Å². The number of nitrogens with zero attached hydrogens (tertiary/aromatic N) is 2. The molecule has 0 radical (unpaired) electrons. The largest absolute Gasteiger partial charge is 0.486 e. The van der Waals surface area contributed by atoms with Crippen molar-refractivity contribution in [1.29, 1.82) is 0 Å². The zero-order valence-corrected chi connectivity index (χ0v) is 17.2. The number of amides is 1. The van der Waals surface area contributed by atoms with Gasteiger partial charge in [-0.25, -0.2) is 4.98 Å².